The molecule has 0 radical (unpaired) electrons. The molecule has 1 heterocycles. The lowest BCUT2D eigenvalue weighted by molar-refractivity contribution is -0.140. The Morgan fingerprint density at radius 3 is 2.84 bits per heavy atom. The molecule has 104 valence electrons. The molecular formula is C14H21N3O2. The molecule has 0 bridgehead atoms. The smallest absolute Gasteiger partial charge is 0.308 e. The standard InChI is InChI=1S/C14H21N3O2/c1-3-17(8-10(2)14(18)19)13-11-6-4-5-7-12(11)15-9-16-13/h9-10H,3-8H2,1-2H3,(H,18,19). The first-order chi connectivity index (χ1) is 9.13. The highest BCUT2D eigenvalue weighted by atomic mass is 16.4. The zero-order valence-electron chi connectivity index (χ0n) is 11.6. The number of aromatic nitrogens is 2. The Morgan fingerprint density at radius 1 is 1.42 bits per heavy atom. The summed E-state index contributed by atoms with van der Waals surface area (Å²) in [6.07, 6.45) is 5.97. The maximum absolute atomic E-state index is 11.0. The lowest BCUT2D eigenvalue weighted by Crippen LogP contribution is -2.33. The summed E-state index contributed by atoms with van der Waals surface area (Å²) in [6.45, 7) is 5.03. The summed E-state index contributed by atoms with van der Waals surface area (Å²) >= 11 is 0. The normalized spacial score (nSPS) is 15.7. The Balaban J connectivity index is 2.25. The molecule has 2 rings (SSSR count). The predicted molar refractivity (Wildman–Crippen MR) is 73.4 cm³/mol. The van der Waals surface area contributed by atoms with E-state index in [0.717, 1.165) is 30.9 Å². The Labute approximate surface area is 113 Å². The van der Waals surface area contributed by atoms with E-state index in [1.165, 1.54) is 18.4 Å². The van der Waals surface area contributed by atoms with E-state index in [9.17, 15) is 4.79 Å². The minimum Gasteiger partial charge on any atom is -0.481 e. The zero-order valence-corrected chi connectivity index (χ0v) is 11.6. The predicted octanol–water partition coefficient (Wildman–Crippen LogP) is 1.90. The molecule has 19 heavy (non-hydrogen) atoms. The minimum atomic E-state index is -0.763. The Morgan fingerprint density at radius 2 is 2.16 bits per heavy atom. The molecule has 1 unspecified atom stereocenters. The van der Waals surface area contributed by atoms with Gasteiger partial charge in [-0.2, -0.15) is 0 Å². The molecule has 0 saturated heterocycles. The van der Waals surface area contributed by atoms with Gasteiger partial charge in [-0.15, -0.1) is 0 Å². The van der Waals surface area contributed by atoms with E-state index < -0.39 is 11.9 Å². The maximum Gasteiger partial charge on any atom is 0.308 e. The molecule has 5 nitrogen and oxygen atoms in total. The van der Waals surface area contributed by atoms with Crippen molar-refractivity contribution >= 4 is 11.8 Å². The van der Waals surface area contributed by atoms with Crippen LogP contribution in [-0.4, -0.2) is 34.1 Å². The molecule has 0 amide bonds. The lowest BCUT2D eigenvalue weighted by atomic mass is 9.96. The number of anilines is 1. The van der Waals surface area contributed by atoms with E-state index in [1.807, 2.05) is 6.92 Å². The van der Waals surface area contributed by atoms with Crippen LogP contribution >= 0.6 is 0 Å². The van der Waals surface area contributed by atoms with E-state index >= 15 is 0 Å². The van der Waals surface area contributed by atoms with E-state index in [0.29, 0.717) is 6.54 Å². The molecule has 1 aliphatic rings. The lowest BCUT2D eigenvalue weighted by Gasteiger charge is -2.28. The third-order valence-corrected chi connectivity index (χ3v) is 3.70. The van der Waals surface area contributed by atoms with Gasteiger partial charge in [-0.3, -0.25) is 4.79 Å². The fraction of sp³-hybridized carbons (Fsp3) is 0.643. The maximum atomic E-state index is 11.0. The van der Waals surface area contributed by atoms with Gasteiger partial charge in [-0.25, -0.2) is 9.97 Å². The van der Waals surface area contributed by atoms with E-state index in [-0.39, 0.29) is 0 Å². The van der Waals surface area contributed by atoms with Crippen molar-refractivity contribution in [2.24, 2.45) is 5.92 Å². The average Bonchev–Trinajstić information content (AvgIpc) is 2.44. The molecule has 0 fully saturated rings. The molecule has 0 aliphatic heterocycles. The highest BCUT2D eigenvalue weighted by molar-refractivity contribution is 5.70. The summed E-state index contributed by atoms with van der Waals surface area (Å²) in [5.41, 5.74) is 2.35. The summed E-state index contributed by atoms with van der Waals surface area (Å²) in [4.78, 5) is 21.8. The number of rotatable bonds is 5. The van der Waals surface area contributed by atoms with Crippen LogP contribution in [0.1, 0.15) is 37.9 Å². The second-order valence-electron chi connectivity index (χ2n) is 5.11. The van der Waals surface area contributed by atoms with E-state index in [1.54, 1.807) is 13.3 Å². The number of carbonyl (C=O) groups is 1. The number of fused-ring (bicyclic) bond motifs is 1. The molecule has 0 aromatic carbocycles. The topological polar surface area (TPSA) is 66.3 Å². The van der Waals surface area contributed by atoms with Crippen LogP contribution in [-0.2, 0) is 17.6 Å². The second-order valence-corrected chi connectivity index (χ2v) is 5.11. The Hall–Kier alpha value is -1.65. The number of hydrogen-bond acceptors (Lipinski definition) is 4. The van der Waals surface area contributed by atoms with Crippen molar-refractivity contribution in [1.82, 2.24) is 9.97 Å². The summed E-state index contributed by atoms with van der Waals surface area (Å²) in [7, 11) is 0. The van der Waals surface area contributed by atoms with Crippen molar-refractivity contribution in [2.45, 2.75) is 39.5 Å². The van der Waals surface area contributed by atoms with Crippen molar-refractivity contribution in [3.05, 3.63) is 17.6 Å². The minimum absolute atomic E-state index is 0.394. The van der Waals surface area contributed by atoms with Crippen molar-refractivity contribution in [3.63, 3.8) is 0 Å². The summed E-state index contributed by atoms with van der Waals surface area (Å²) in [6, 6.07) is 0. The number of hydrogen-bond donors (Lipinski definition) is 1. The number of carboxylic acid groups (broad SMARTS) is 1. The monoisotopic (exact) mass is 263 g/mol. The molecule has 1 aliphatic carbocycles. The fourth-order valence-electron chi connectivity index (χ4n) is 2.55. The molecule has 1 aromatic heterocycles. The van der Waals surface area contributed by atoms with Crippen molar-refractivity contribution in [3.8, 4) is 0 Å². The number of carboxylic acids is 1. The van der Waals surface area contributed by atoms with Gasteiger partial charge in [0.2, 0.25) is 0 Å². The highest BCUT2D eigenvalue weighted by Crippen LogP contribution is 2.27. The van der Waals surface area contributed by atoms with Crippen LogP contribution in [0, 0.1) is 5.92 Å². The van der Waals surface area contributed by atoms with Gasteiger partial charge in [0, 0.05) is 24.3 Å². The van der Waals surface area contributed by atoms with Crippen molar-refractivity contribution in [2.75, 3.05) is 18.0 Å². The van der Waals surface area contributed by atoms with Crippen LogP contribution in [0.5, 0.6) is 0 Å². The molecule has 0 spiro atoms. The van der Waals surface area contributed by atoms with Gasteiger partial charge in [-0.1, -0.05) is 6.92 Å². The van der Waals surface area contributed by atoms with Crippen LogP contribution < -0.4 is 4.90 Å². The molecule has 1 atom stereocenters. The van der Waals surface area contributed by atoms with E-state index in [2.05, 4.69) is 14.9 Å². The van der Waals surface area contributed by atoms with Gasteiger partial charge in [0.05, 0.1) is 5.92 Å². The van der Waals surface area contributed by atoms with Crippen LogP contribution in [0.15, 0.2) is 6.33 Å². The van der Waals surface area contributed by atoms with Crippen LogP contribution in [0.4, 0.5) is 5.82 Å². The first-order valence-corrected chi connectivity index (χ1v) is 6.94. The number of nitrogens with zero attached hydrogens (tertiary/aromatic N) is 3. The largest absolute Gasteiger partial charge is 0.481 e. The van der Waals surface area contributed by atoms with Crippen LogP contribution in [0.25, 0.3) is 0 Å². The van der Waals surface area contributed by atoms with E-state index in [4.69, 9.17) is 5.11 Å². The third kappa shape index (κ3) is 3.03. The van der Waals surface area contributed by atoms with Gasteiger partial charge in [-0.05, 0) is 32.6 Å². The highest BCUT2D eigenvalue weighted by Gasteiger charge is 2.22. The molecule has 1 aromatic rings. The number of aliphatic carboxylic acids is 1. The summed E-state index contributed by atoms with van der Waals surface area (Å²) in [5.74, 6) is -0.226. The summed E-state index contributed by atoms with van der Waals surface area (Å²) in [5, 5.41) is 9.05. The molecule has 5 heteroatoms. The third-order valence-electron chi connectivity index (χ3n) is 3.70. The van der Waals surface area contributed by atoms with Gasteiger partial charge in [0.15, 0.2) is 0 Å². The van der Waals surface area contributed by atoms with Crippen LogP contribution in [0.2, 0.25) is 0 Å². The van der Waals surface area contributed by atoms with Gasteiger partial charge in [0.1, 0.15) is 12.1 Å². The van der Waals surface area contributed by atoms with Crippen molar-refractivity contribution < 1.29 is 9.90 Å². The van der Waals surface area contributed by atoms with Crippen LogP contribution in [0.3, 0.4) is 0 Å². The summed E-state index contributed by atoms with van der Waals surface area (Å²) < 4.78 is 0. The molecule has 1 N–H and O–H groups in total. The quantitative estimate of drug-likeness (QED) is 0.879. The zero-order chi connectivity index (χ0) is 13.8. The van der Waals surface area contributed by atoms with Gasteiger partial charge >= 0.3 is 5.97 Å². The Bertz CT molecular complexity index is 462. The fourth-order valence-corrected chi connectivity index (χ4v) is 2.55. The molecular weight excluding hydrogens is 242 g/mol. The molecule has 0 saturated carbocycles. The van der Waals surface area contributed by atoms with Gasteiger partial charge < -0.3 is 10.0 Å². The van der Waals surface area contributed by atoms with Gasteiger partial charge in [0.25, 0.3) is 0 Å². The average molecular weight is 263 g/mol. The first kappa shape index (κ1) is 13.8. The first-order valence-electron chi connectivity index (χ1n) is 6.94. The second kappa shape index (κ2) is 5.99. The Kier molecular flexibility index (Phi) is 4.35. The SMILES string of the molecule is CCN(CC(C)C(=O)O)c1ncnc2c1CCCC2. The number of aryl methyl sites for hydroxylation is 1. The van der Waals surface area contributed by atoms with Crippen molar-refractivity contribution in [1.29, 1.82) is 0 Å².